The van der Waals surface area contributed by atoms with E-state index in [-0.39, 0.29) is 86.3 Å². The molecule has 8 fully saturated rings. The number of ether oxygens (including phenoxy) is 4. The van der Waals surface area contributed by atoms with Crippen LogP contribution in [0.4, 0.5) is 0 Å². The first-order chi connectivity index (χ1) is 30.6. The Hall–Kier alpha value is -2.42. The molecule has 15 nitrogen and oxygen atoms in total. The molecule has 2 aromatic rings. The van der Waals surface area contributed by atoms with Gasteiger partial charge in [0.05, 0.1) is 29.7 Å². The van der Waals surface area contributed by atoms with Gasteiger partial charge in [-0.2, -0.15) is 0 Å². The molecule has 4 aliphatic carbocycles. The zero-order valence-corrected chi connectivity index (χ0v) is 38.4. The molecule has 4 saturated heterocycles. The maximum absolute atomic E-state index is 12.7. The maximum Gasteiger partial charge on any atom is 0.335 e. The molecule has 64 heavy (non-hydrogen) atoms. The Morgan fingerprint density at radius 3 is 2.45 bits per heavy atom. The number of aromatic carboxylic acids is 1. The molecular weight excluding hydrogens is 865 g/mol. The minimum atomic E-state index is -1.82. The number of nitrogens with one attached hydrogen (secondary N) is 2. The summed E-state index contributed by atoms with van der Waals surface area (Å²) < 4.78 is 25.9. The summed E-state index contributed by atoms with van der Waals surface area (Å²) >= 11 is 0. The number of carbonyl (C=O) groups is 2. The number of carbonyl (C=O) groups excluding carboxylic acids is 1. The van der Waals surface area contributed by atoms with E-state index in [1.54, 1.807) is 10.8 Å². The van der Waals surface area contributed by atoms with Crippen molar-refractivity contribution in [2.45, 2.75) is 146 Å². The lowest BCUT2D eigenvalue weighted by Gasteiger charge is -2.67. The van der Waals surface area contributed by atoms with Gasteiger partial charge in [0.25, 0.3) is 0 Å². The first-order valence-electron chi connectivity index (χ1n) is 23.3. The fourth-order valence-electron chi connectivity index (χ4n) is 15.8. The van der Waals surface area contributed by atoms with E-state index in [2.05, 4.69) is 10.9 Å². The summed E-state index contributed by atoms with van der Waals surface area (Å²) in [4.78, 5) is 25.0. The zero-order chi connectivity index (χ0) is 45.0. The van der Waals surface area contributed by atoms with Crippen molar-refractivity contribution in [3.63, 3.8) is 0 Å². The number of carboxylic acid groups (broad SMARTS) is 1. The number of benzene rings is 2. The topological polar surface area (TPSA) is 237 Å². The van der Waals surface area contributed by atoms with Gasteiger partial charge in [0.2, 0.25) is 6.29 Å². The third-order valence-electron chi connectivity index (χ3n) is 18.2. The van der Waals surface area contributed by atoms with Crippen LogP contribution in [0.2, 0.25) is 0 Å². The highest BCUT2D eigenvalue weighted by Crippen LogP contribution is 2.75. The predicted octanol–water partition coefficient (Wildman–Crippen LogP) is 5.32. The van der Waals surface area contributed by atoms with E-state index < -0.39 is 65.6 Å². The SMILES string of the molecule is CC(=O)c1c(C)c(O)c2cc(C(=O)O)cc(O[C@@H]3O[C@H](CO)[C@]4(CC[C@]56C[C@@]7(C[C@@H]8COC[C@](CCO)(CSSCO4)[C@H]85)C[C@@]4(CCCC45CCCC5)C[C@@H]7NN6)[C@H](O)[C@H]3O)c2c1O. The van der Waals surface area contributed by atoms with Crippen molar-refractivity contribution >= 4 is 44.1 Å². The Bertz CT molecular complexity index is 2180. The van der Waals surface area contributed by atoms with Crippen molar-refractivity contribution in [2.24, 2.45) is 33.5 Å². The first-order valence-corrected chi connectivity index (χ1v) is 25.8. The molecule has 4 aliphatic heterocycles. The molecule has 17 heteroatoms. The van der Waals surface area contributed by atoms with Gasteiger partial charge in [-0.25, -0.2) is 4.79 Å². The van der Waals surface area contributed by atoms with Gasteiger partial charge in [-0.3, -0.25) is 15.6 Å². The van der Waals surface area contributed by atoms with Crippen molar-refractivity contribution in [3.8, 4) is 17.2 Å². The summed E-state index contributed by atoms with van der Waals surface area (Å²) in [5, 5.41) is 78.9. The normalized spacial score (nSPS) is 41.5. The quantitative estimate of drug-likeness (QED) is 0.0971. The number of hydrogen-bond acceptors (Lipinski definition) is 16. The van der Waals surface area contributed by atoms with E-state index in [0.29, 0.717) is 37.2 Å². The number of hydrogen-bond donors (Lipinski definition) is 9. The Morgan fingerprint density at radius 1 is 0.953 bits per heavy atom. The van der Waals surface area contributed by atoms with Crippen molar-refractivity contribution in [1.82, 2.24) is 10.9 Å². The van der Waals surface area contributed by atoms with Gasteiger partial charge in [0.1, 0.15) is 47.1 Å². The second-order valence-electron chi connectivity index (χ2n) is 21.1. The number of phenolic OH excluding ortho intramolecular Hbond substituents is 2. The molecule has 0 unspecified atom stereocenters. The minimum Gasteiger partial charge on any atom is -0.507 e. The van der Waals surface area contributed by atoms with Gasteiger partial charge in [-0.1, -0.05) is 40.9 Å². The van der Waals surface area contributed by atoms with Gasteiger partial charge in [0, 0.05) is 46.9 Å². The number of aliphatic hydroxyl groups excluding tert-OH is 4. The Labute approximate surface area is 381 Å². The van der Waals surface area contributed by atoms with Gasteiger partial charge in [-0.15, -0.1) is 0 Å². The highest BCUT2D eigenvalue weighted by atomic mass is 33.1. The van der Waals surface area contributed by atoms with Crippen LogP contribution >= 0.6 is 21.6 Å². The molecule has 2 bridgehead atoms. The van der Waals surface area contributed by atoms with Crippen LogP contribution in [0.25, 0.3) is 10.8 Å². The molecule has 12 atom stereocenters. The molecule has 4 saturated carbocycles. The number of aliphatic hydroxyl groups is 4. The van der Waals surface area contributed by atoms with Crippen LogP contribution in [-0.2, 0) is 14.2 Å². The molecule has 8 aliphatic rings. The predicted molar refractivity (Wildman–Crippen MR) is 238 cm³/mol. The van der Waals surface area contributed by atoms with Crippen LogP contribution in [0.3, 0.4) is 0 Å². The van der Waals surface area contributed by atoms with E-state index in [1.807, 2.05) is 0 Å². The second kappa shape index (κ2) is 16.4. The molecule has 2 aromatic carbocycles. The van der Waals surface area contributed by atoms with Crippen LogP contribution in [0.15, 0.2) is 12.1 Å². The molecule has 10 rings (SSSR count). The summed E-state index contributed by atoms with van der Waals surface area (Å²) in [7, 11) is 3.09. The number of phenols is 2. The smallest absolute Gasteiger partial charge is 0.335 e. The van der Waals surface area contributed by atoms with Gasteiger partial charge in [0.15, 0.2) is 5.78 Å². The minimum absolute atomic E-state index is 0.00133. The van der Waals surface area contributed by atoms with E-state index in [1.165, 1.54) is 76.0 Å². The average molecular weight is 929 g/mol. The van der Waals surface area contributed by atoms with Gasteiger partial charge < -0.3 is 54.7 Å². The fourth-order valence-corrected chi connectivity index (χ4v) is 18.2. The van der Waals surface area contributed by atoms with Crippen LogP contribution < -0.4 is 15.6 Å². The highest BCUT2D eigenvalue weighted by molar-refractivity contribution is 8.76. The van der Waals surface area contributed by atoms with Crippen molar-refractivity contribution in [1.29, 1.82) is 0 Å². The first kappa shape index (κ1) is 45.4. The number of aromatic hydroxyl groups is 2. The molecule has 0 amide bonds. The second-order valence-corrected chi connectivity index (χ2v) is 23.5. The fraction of sp³-hybridized carbons (Fsp3) is 0.745. The molecule has 4 heterocycles. The molecule has 0 aromatic heterocycles. The number of ketones is 1. The maximum atomic E-state index is 12.7. The van der Waals surface area contributed by atoms with Gasteiger partial charge in [-0.05, 0) is 125 Å². The van der Waals surface area contributed by atoms with Crippen LogP contribution in [0.1, 0.15) is 123 Å². The summed E-state index contributed by atoms with van der Waals surface area (Å²) in [5.74, 6) is -2.17. The Kier molecular flexibility index (Phi) is 11.6. The monoisotopic (exact) mass is 928 g/mol. The number of rotatable bonds is 7. The summed E-state index contributed by atoms with van der Waals surface area (Å²) in [5.41, 5.74) is 5.63. The van der Waals surface area contributed by atoms with E-state index in [9.17, 15) is 45.3 Å². The molecule has 9 N–H and O–H groups in total. The lowest BCUT2D eigenvalue weighted by molar-refractivity contribution is -0.323. The Balaban J connectivity index is 1.02. The number of carboxylic acids is 1. The van der Waals surface area contributed by atoms with Crippen molar-refractivity contribution in [2.75, 3.05) is 38.1 Å². The van der Waals surface area contributed by atoms with Crippen molar-refractivity contribution in [3.05, 3.63) is 28.8 Å². The number of Topliss-reactive ketones (excluding diaryl/α,β-unsaturated/α-hetero) is 1. The zero-order valence-electron chi connectivity index (χ0n) is 36.7. The van der Waals surface area contributed by atoms with E-state index >= 15 is 0 Å². The van der Waals surface area contributed by atoms with Crippen LogP contribution in [0, 0.1) is 40.4 Å². The van der Waals surface area contributed by atoms with Crippen molar-refractivity contribution < 1.29 is 64.3 Å². The standard InChI is InChI=1S/C47H64N2O13S2/c1-25-33(26(2)52)36(54)34-29(35(25)53)14-27(40(57)58)15-30(34)61-41-37(55)39(56)47(32(18-51)62-41)11-10-46-21-43(16-28-19-59-22-42(12-13-50,38(28)46)23-63-64-24-60-47)20-45(17-31(43)48-49-46)9-5-8-44(45)6-3-4-7-44/h14-15,28,31-32,37-39,41,48-51,53-56H,3-13,16-24H2,1-2H3,(H,57,58)/t28-,31+,32-,37-,38+,39-,41-,42-,43-,45-,46+,47-/m1/s1. The lowest BCUT2D eigenvalue weighted by Crippen LogP contribution is -2.77. The van der Waals surface area contributed by atoms with E-state index in [0.717, 1.165) is 31.4 Å². The van der Waals surface area contributed by atoms with Gasteiger partial charge >= 0.3 is 5.97 Å². The molecular formula is C47H64N2O13S2. The number of fused-ring (bicyclic) bond motifs is 2. The van der Waals surface area contributed by atoms with Crippen LogP contribution in [-0.4, -0.2) is 127 Å². The molecule has 5 spiro atoms. The highest BCUT2D eigenvalue weighted by Gasteiger charge is 2.72. The lowest BCUT2D eigenvalue weighted by atomic mass is 9.46. The third-order valence-corrected chi connectivity index (χ3v) is 20.4. The van der Waals surface area contributed by atoms with Crippen LogP contribution in [0.5, 0.6) is 17.2 Å². The Morgan fingerprint density at radius 2 is 1.72 bits per heavy atom. The average Bonchev–Trinajstić information content (AvgIpc) is 3.97. The summed E-state index contributed by atoms with van der Waals surface area (Å²) in [6.07, 6.45) is 8.12. The third kappa shape index (κ3) is 6.63. The van der Waals surface area contributed by atoms with E-state index in [4.69, 9.17) is 18.9 Å². The largest absolute Gasteiger partial charge is 0.507 e. The molecule has 352 valence electrons. The summed E-state index contributed by atoms with van der Waals surface area (Å²) in [6, 6.07) is 2.53. The number of hydrazine groups is 1. The molecule has 0 radical (unpaired) electrons. The summed E-state index contributed by atoms with van der Waals surface area (Å²) in [6.45, 7) is 3.18.